The molecule has 1 heterocycles. The molecule has 0 bridgehead atoms. The normalized spacial score (nSPS) is 13.6. The molecular weight excluding hydrogens is 389 g/mol. The van der Waals surface area contributed by atoms with Crippen LogP contribution in [-0.4, -0.2) is 30.8 Å². The Hall–Kier alpha value is -2.57. The van der Waals surface area contributed by atoms with E-state index in [4.69, 9.17) is 23.2 Å². The standard InChI is InChI=1S/C19H17Cl2N3O3/c20-15-8-3-12(10-16(15)21)19(27)22-11-17(25)23-13-4-6-14(7-5-13)24-9-1-2-18(24)26/h3-8,10H,1-2,9,11H2,(H,22,27)(H,23,25). The van der Waals surface area contributed by atoms with Crippen LogP contribution in [0.5, 0.6) is 0 Å². The monoisotopic (exact) mass is 405 g/mol. The van der Waals surface area contributed by atoms with Crippen molar-refractivity contribution in [1.29, 1.82) is 0 Å². The van der Waals surface area contributed by atoms with Crippen LogP contribution in [0, 0.1) is 0 Å². The van der Waals surface area contributed by atoms with Crippen molar-refractivity contribution in [3.05, 3.63) is 58.1 Å². The second-order valence-electron chi connectivity index (χ2n) is 6.06. The largest absolute Gasteiger partial charge is 0.343 e. The summed E-state index contributed by atoms with van der Waals surface area (Å²) in [6, 6.07) is 11.5. The number of nitrogens with one attached hydrogen (secondary N) is 2. The van der Waals surface area contributed by atoms with Crippen molar-refractivity contribution in [1.82, 2.24) is 5.32 Å². The molecule has 3 rings (SSSR count). The molecule has 0 saturated carbocycles. The lowest BCUT2D eigenvalue weighted by molar-refractivity contribution is -0.117. The second kappa shape index (κ2) is 8.41. The van der Waals surface area contributed by atoms with Crippen molar-refractivity contribution >= 4 is 52.3 Å². The highest BCUT2D eigenvalue weighted by Crippen LogP contribution is 2.23. The fraction of sp³-hybridized carbons (Fsp3) is 0.211. The van der Waals surface area contributed by atoms with Gasteiger partial charge in [0.1, 0.15) is 0 Å². The zero-order chi connectivity index (χ0) is 19.4. The molecule has 6 nitrogen and oxygen atoms in total. The van der Waals surface area contributed by atoms with Gasteiger partial charge in [0.25, 0.3) is 5.91 Å². The summed E-state index contributed by atoms with van der Waals surface area (Å²) in [6.45, 7) is 0.525. The Bertz CT molecular complexity index is 884. The van der Waals surface area contributed by atoms with Crippen molar-refractivity contribution in [2.24, 2.45) is 0 Å². The van der Waals surface area contributed by atoms with Gasteiger partial charge in [-0.1, -0.05) is 23.2 Å². The molecule has 140 valence electrons. The van der Waals surface area contributed by atoms with Gasteiger partial charge in [0.05, 0.1) is 16.6 Å². The predicted octanol–water partition coefficient (Wildman–Crippen LogP) is 3.49. The van der Waals surface area contributed by atoms with Crippen LogP contribution in [0.25, 0.3) is 0 Å². The second-order valence-corrected chi connectivity index (χ2v) is 6.87. The molecule has 8 heteroatoms. The van der Waals surface area contributed by atoms with E-state index in [0.717, 1.165) is 12.1 Å². The lowest BCUT2D eigenvalue weighted by atomic mass is 10.2. The number of hydrogen-bond acceptors (Lipinski definition) is 3. The summed E-state index contributed by atoms with van der Waals surface area (Å²) in [6.07, 6.45) is 1.42. The first-order valence-electron chi connectivity index (χ1n) is 8.37. The Morgan fingerprint density at radius 3 is 2.41 bits per heavy atom. The van der Waals surface area contributed by atoms with E-state index >= 15 is 0 Å². The number of benzene rings is 2. The quantitative estimate of drug-likeness (QED) is 0.798. The Kier molecular flexibility index (Phi) is 5.98. The molecule has 2 aromatic rings. The van der Waals surface area contributed by atoms with E-state index in [1.54, 1.807) is 29.2 Å². The van der Waals surface area contributed by atoms with Gasteiger partial charge in [-0.3, -0.25) is 14.4 Å². The fourth-order valence-corrected chi connectivity index (χ4v) is 3.05. The molecule has 1 fully saturated rings. The molecule has 1 aliphatic heterocycles. The van der Waals surface area contributed by atoms with Gasteiger partial charge >= 0.3 is 0 Å². The highest BCUT2D eigenvalue weighted by Gasteiger charge is 2.21. The third kappa shape index (κ3) is 4.78. The van der Waals surface area contributed by atoms with Gasteiger partial charge in [0.15, 0.2) is 0 Å². The summed E-state index contributed by atoms with van der Waals surface area (Å²) in [5, 5.41) is 5.84. The maximum atomic E-state index is 12.1. The lowest BCUT2D eigenvalue weighted by Gasteiger charge is -2.16. The van der Waals surface area contributed by atoms with E-state index in [2.05, 4.69) is 10.6 Å². The average molecular weight is 406 g/mol. The highest BCUT2D eigenvalue weighted by atomic mass is 35.5. The van der Waals surface area contributed by atoms with E-state index in [9.17, 15) is 14.4 Å². The Morgan fingerprint density at radius 2 is 1.78 bits per heavy atom. The van der Waals surface area contributed by atoms with Gasteiger partial charge in [-0.25, -0.2) is 0 Å². The van der Waals surface area contributed by atoms with Crippen molar-refractivity contribution in [2.75, 3.05) is 23.3 Å². The summed E-state index contributed by atoms with van der Waals surface area (Å²) in [5.74, 6) is -0.683. The van der Waals surface area contributed by atoms with Crippen LogP contribution in [0.2, 0.25) is 10.0 Å². The summed E-state index contributed by atoms with van der Waals surface area (Å²) < 4.78 is 0. The number of amides is 3. The minimum absolute atomic E-state index is 0.108. The van der Waals surface area contributed by atoms with Gasteiger partial charge in [0, 0.05) is 29.9 Å². The first-order valence-corrected chi connectivity index (χ1v) is 9.13. The molecule has 1 aliphatic rings. The van der Waals surface area contributed by atoms with Crippen LogP contribution in [0.15, 0.2) is 42.5 Å². The number of hydrogen-bond donors (Lipinski definition) is 2. The van der Waals surface area contributed by atoms with Gasteiger partial charge < -0.3 is 15.5 Å². The van der Waals surface area contributed by atoms with E-state index < -0.39 is 5.91 Å². The number of carbonyl (C=O) groups excluding carboxylic acids is 3. The Morgan fingerprint density at radius 1 is 1.04 bits per heavy atom. The zero-order valence-electron chi connectivity index (χ0n) is 14.3. The summed E-state index contributed by atoms with van der Waals surface area (Å²) in [5.41, 5.74) is 1.71. The van der Waals surface area contributed by atoms with Gasteiger partial charge in [-0.15, -0.1) is 0 Å². The fourth-order valence-electron chi connectivity index (χ4n) is 2.75. The molecule has 0 aromatic heterocycles. The Balaban J connectivity index is 1.52. The van der Waals surface area contributed by atoms with Gasteiger partial charge in [-0.05, 0) is 48.9 Å². The topological polar surface area (TPSA) is 78.5 Å². The molecule has 0 aliphatic carbocycles. The van der Waals surface area contributed by atoms with Crippen LogP contribution in [0.1, 0.15) is 23.2 Å². The van der Waals surface area contributed by atoms with Crippen LogP contribution < -0.4 is 15.5 Å². The van der Waals surface area contributed by atoms with Crippen LogP contribution in [-0.2, 0) is 9.59 Å². The maximum Gasteiger partial charge on any atom is 0.251 e. The smallest absolute Gasteiger partial charge is 0.251 e. The van der Waals surface area contributed by atoms with Gasteiger partial charge in [0.2, 0.25) is 11.8 Å². The molecule has 1 saturated heterocycles. The summed E-state index contributed by atoms with van der Waals surface area (Å²) in [4.78, 5) is 37.6. The number of nitrogens with zero attached hydrogens (tertiary/aromatic N) is 1. The molecule has 3 amide bonds. The molecule has 27 heavy (non-hydrogen) atoms. The third-order valence-corrected chi connectivity index (χ3v) is 4.87. The van der Waals surface area contributed by atoms with Crippen molar-refractivity contribution < 1.29 is 14.4 Å². The lowest BCUT2D eigenvalue weighted by Crippen LogP contribution is -2.32. The maximum absolute atomic E-state index is 12.1. The first kappa shape index (κ1) is 19.2. The molecule has 0 radical (unpaired) electrons. The molecule has 2 aromatic carbocycles. The first-order chi connectivity index (χ1) is 12.9. The van der Waals surface area contributed by atoms with E-state index in [1.807, 2.05) is 0 Å². The number of halogens is 2. The number of carbonyl (C=O) groups is 3. The van der Waals surface area contributed by atoms with E-state index in [0.29, 0.717) is 29.2 Å². The zero-order valence-corrected chi connectivity index (χ0v) is 15.8. The number of rotatable bonds is 5. The van der Waals surface area contributed by atoms with E-state index in [-0.39, 0.29) is 23.4 Å². The average Bonchev–Trinajstić information content (AvgIpc) is 3.08. The molecule has 0 atom stereocenters. The number of anilines is 2. The molecule has 0 unspecified atom stereocenters. The SMILES string of the molecule is O=C(CNC(=O)c1ccc(Cl)c(Cl)c1)Nc1ccc(N2CCCC2=O)cc1. The van der Waals surface area contributed by atoms with Gasteiger partial charge in [-0.2, -0.15) is 0 Å². The van der Waals surface area contributed by atoms with E-state index in [1.165, 1.54) is 18.2 Å². The molecular formula is C19H17Cl2N3O3. The minimum atomic E-state index is -0.424. The van der Waals surface area contributed by atoms with Crippen molar-refractivity contribution in [3.8, 4) is 0 Å². The van der Waals surface area contributed by atoms with Crippen molar-refractivity contribution in [3.63, 3.8) is 0 Å². The van der Waals surface area contributed by atoms with Crippen LogP contribution in [0.3, 0.4) is 0 Å². The predicted molar refractivity (Wildman–Crippen MR) is 105 cm³/mol. The van der Waals surface area contributed by atoms with Crippen LogP contribution >= 0.6 is 23.2 Å². The Labute approximate surface area is 166 Å². The third-order valence-electron chi connectivity index (χ3n) is 4.13. The van der Waals surface area contributed by atoms with Crippen molar-refractivity contribution in [2.45, 2.75) is 12.8 Å². The minimum Gasteiger partial charge on any atom is -0.343 e. The molecule has 0 spiro atoms. The highest BCUT2D eigenvalue weighted by molar-refractivity contribution is 6.42. The van der Waals surface area contributed by atoms with Crippen LogP contribution in [0.4, 0.5) is 11.4 Å². The molecule has 2 N–H and O–H groups in total. The summed E-state index contributed by atoms with van der Waals surface area (Å²) in [7, 11) is 0. The summed E-state index contributed by atoms with van der Waals surface area (Å²) >= 11 is 11.7.